The average Bonchev–Trinajstić information content (AvgIpc) is 2.47. The van der Waals surface area contributed by atoms with Gasteiger partial charge in [-0.25, -0.2) is 0 Å². The van der Waals surface area contributed by atoms with E-state index in [0.717, 1.165) is 36.3 Å². The Kier molecular flexibility index (Phi) is 5.83. The summed E-state index contributed by atoms with van der Waals surface area (Å²) < 4.78 is 5.79. The lowest BCUT2D eigenvalue weighted by atomic mass is 10.00. The zero-order chi connectivity index (χ0) is 16.1. The van der Waals surface area contributed by atoms with E-state index in [0.29, 0.717) is 12.0 Å². The molecule has 0 aromatic heterocycles. The van der Waals surface area contributed by atoms with Crippen LogP contribution in [0.4, 0.5) is 0 Å². The number of aryl methyl sites for hydroxylation is 1. The number of hydrogen-bond donors (Lipinski definition) is 2. The van der Waals surface area contributed by atoms with E-state index >= 15 is 0 Å². The second kappa shape index (κ2) is 7.63. The molecule has 0 aliphatic carbocycles. The molecule has 0 bridgehead atoms. The van der Waals surface area contributed by atoms with Gasteiger partial charge in [0, 0.05) is 12.1 Å². The van der Waals surface area contributed by atoms with Crippen LogP contribution in [0.25, 0.3) is 0 Å². The van der Waals surface area contributed by atoms with Crippen LogP contribution in [0.3, 0.4) is 0 Å². The number of rotatable bonds is 5. The summed E-state index contributed by atoms with van der Waals surface area (Å²) in [6, 6.07) is 6.70. The third-order valence-corrected chi connectivity index (χ3v) is 4.26. The van der Waals surface area contributed by atoms with Crippen molar-refractivity contribution in [3.63, 3.8) is 0 Å². The fraction of sp³-hybridized carbons (Fsp3) is 0.611. The van der Waals surface area contributed by atoms with E-state index in [2.05, 4.69) is 43.5 Å². The summed E-state index contributed by atoms with van der Waals surface area (Å²) in [6.07, 6.45) is 2.13. The number of nitrogens with one attached hydrogen (secondary N) is 2. The van der Waals surface area contributed by atoms with E-state index in [1.54, 1.807) is 0 Å². The minimum atomic E-state index is -0.0447. The van der Waals surface area contributed by atoms with Gasteiger partial charge in [0.05, 0.1) is 0 Å². The minimum absolute atomic E-state index is 0.0447. The van der Waals surface area contributed by atoms with Gasteiger partial charge in [-0.1, -0.05) is 26.0 Å². The van der Waals surface area contributed by atoms with Gasteiger partial charge in [0.15, 0.2) is 6.61 Å². The van der Waals surface area contributed by atoms with Gasteiger partial charge in [-0.2, -0.15) is 0 Å². The Bertz CT molecular complexity index is 514. The van der Waals surface area contributed by atoms with Crippen molar-refractivity contribution in [2.45, 2.75) is 58.5 Å². The highest BCUT2D eigenvalue weighted by molar-refractivity contribution is 5.78. The molecule has 2 N–H and O–H groups in total. The molecule has 1 heterocycles. The molecular formula is C18H28N2O2. The van der Waals surface area contributed by atoms with Crippen LogP contribution in [0.5, 0.6) is 5.75 Å². The third kappa shape index (κ3) is 4.47. The molecule has 1 aromatic carbocycles. The first kappa shape index (κ1) is 16.8. The summed E-state index contributed by atoms with van der Waals surface area (Å²) in [5.41, 5.74) is 2.29. The molecule has 2 unspecified atom stereocenters. The summed E-state index contributed by atoms with van der Waals surface area (Å²) in [5.74, 6) is 1.15. The SMILES string of the molecule is Cc1ccc(C(C)C)c(OCC(=O)NC2CCCNC2C)c1. The fourth-order valence-corrected chi connectivity index (χ4v) is 2.88. The summed E-state index contributed by atoms with van der Waals surface area (Å²) in [5, 5.41) is 6.46. The van der Waals surface area contributed by atoms with E-state index in [1.807, 2.05) is 13.0 Å². The van der Waals surface area contributed by atoms with Crippen molar-refractivity contribution < 1.29 is 9.53 Å². The van der Waals surface area contributed by atoms with Crippen LogP contribution >= 0.6 is 0 Å². The van der Waals surface area contributed by atoms with Crippen LogP contribution in [-0.4, -0.2) is 31.1 Å². The number of ether oxygens (including phenoxy) is 1. The zero-order valence-electron chi connectivity index (χ0n) is 14.1. The lowest BCUT2D eigenvalue weighted by Gasteiger charge is -2.30. The summed E-state index contributed by atoms with van der Waals surface area (Å²) >= 11 is 0. The molecule has 1 fully saturated rings. The first-order chi connectivity index (χ1) is 10.5. The molecule has 0 saturated carbocycles. The molecule has 1 aliphatic rings. The summed E-state index contributed by atoms with van der Waals surface area (Å²) in [7, 11) is 0. The van der Waals surface area contributed by atoms with Crippen molar-refractivity contribution in [2.24, 2.45) is 0 Å². The Balaban J connectivity index is 1.92. The quantitative estimate of drug-likeness (QED) is 0.879. The second-order valence-electron chi connectivity index (χ2n) is 6.54. The van der Waals surface area contributed by atoms with E-state index < -0.39 is 0 Å². The number of hydrogen-bond acceptors (Lipinski definition) is 3. The molecule has 1 aliphatic heterocycles. The number of amides is 1. The molecule has 1 aromatic rings. The van der Waals surface area contributed by atoms with Gasteiger partial charge < -0.3 is 15.4 Å². The van der Waals surface area contributed by atoms with Crippen LogP contribution in [-0.2, 0) is 4.79 Å². The minimum Gasteiger partial charge on any atom is -0.483 e. The average molecular weight is 304 g/mol. The van der Waals surface area contributed by atoms with Gasteiger partial charge in [-0.3, -0.25) is 4.79 Å². The molecular weight excluding hydrogens is 276 g/mol. The molecule has 1 amide bonds. The standard InChI is InChI=1S/C18H28N2O2/c1-12(2)15-8-7-13(3)10-17(15)22-11-18(21)20-16-6-5-9-19-14(16)4/h7-8,10,12,14,16,19H,5-6,9,11H2,1-4H3,(H,20,21). The van der Waals surface area contributed by atoms with E-state index in [4.69, 9.17) is 4.74 Å². The third-order valence-electron chi connectivity index (χ3n) is 4.26. The normalized spacial score (nSPS) is 21.7. The predicted octanol–water partition coefficient (Wildman–Crippen LogP) is 2.75. The molecule has 22 heavy (non-hydrogen) atoms. The van der Waals surface area contributed by atoms with Crippen molar-refractivity contribution in [3.05, 3.63) is 29.3 Å². The first-order valence-corrected chi connectivity index (χ1v) is 8.23. The molecule has 0 spiro atoms. The molecule has 4 nitrogen and oxygen atoms in total. The molecule has 0 radical (unpaired) electrons. The highest BCUT2D eigenvalue weighted by Gasteiger charge is 2.22. The molecule has 2 atom stereocenters. The Morgan fingerprint density at radius 1 is 1.45 bits per heavy atom. The van der Waals surface area contributed by atoms with E-state index in [-0.39, 0.29) is 18.6 Å². The van der Waals surface area contributed by atoms with Gasteiger partial charge in [0.1, 0.15) is 5.75 Å². The van der Waals surface area contributed by atoms with Crippen molar-refractivity contribution in [1.82, 2.24) is 10.6 Å². The molecule has 4 heteroatoms. The summed E-state index contributed by atoms with van der Waals surface area (Å²) in [4.78, 5) is 12.1. The molecule has 2 rings (SSSR count). The van der Waals surface area contributed by atoms with Crippen molar-refractivity contribution in [2.75, 3.05) is 13.2 Å². The highest BCUT2D eigenvalue weighted by atomic mass is 16.5. The highest BCUT2D eigenvalue weighted by Crippen LogP contribution is 2.27. The van der Waals surface area contributed by atoms with Gasteiger partial charge in [0.25, 0.3) is 5.91 Å². The maximum Gasteiger partial charge on any atom is 0.258 e. The van der Waals surface area contributed by atoms with Crippen molar-refractivity contribution >= 4 is 5.91 Å². The van der Waals surface area contributed by atoms with Crippen molar-refractivity contribution in [3.8, 4) is 5.75 Å². The van der Waals surface area contributed by atoms with Gasteiger partial charge in [0.2, 0.25) is 0 Å². The first-order valence-electron chi connectivity index (χ1n) is 8.23. The van der Waals surface area contributed by atoms with E-state index in [1.165, 1.54) is 0 Å². The van der Waals surface area contributed by atoms with Gasteiger partial charge in [-0.05, 0) is 56.3 Å². The lowest BCUT2D eigenvalue weighted by Crippen LogP contribution is -2.52. The van der Waals surface area contributed by atoms with Crippen LogP contribution in [0, 0.1) is 6.92 Å². The maximum absolute atomic E-state index is 12.1. The van der Waals surface area contributed by atoms with Gasteiger partial charge >= 0.3 is 0 Å². The van der Waals surface area contributed by atoms with Gasteiger partial charge in [-0.15, -0.1) is 0 Å². The zero-order valence-corrected chi connectivity index (χ0v) is 14.1. The Hall–Kier alpha value is -1.55. The Morgan fingerprint density at radius 2 is 2.23 bits per heavy atom. The fourth-order valence-electron chi connectivity index (χ4n) is 2.88. The Morgan fingerprint density at radius 3 is 2.91 bits per heavy atom. The lowest BCUT2D eigenvalue weighted by molar-refractivity contribution is -0.124. The topological polar surface area (TPSA) is 50.4 Å². The number of benzene rings is 1. The van der Waals surface area contributed by atoms with Crippen LogP contribution in [0.15, 0.2) is 18.2 Å². The molecule has 122 valence electrons. The monoisotopic (exact) mass is 304 g/mol. The van der Waals surface area contributed by atoms with Crippen LogP contribution in [0.2, 0.25) is 0 Å². The number of carbonyl (C=O) groups excluding carboxylic acids is 1. The maximum atomic E-state index is 12.1. The predicted molar refractivity (Wildman–Crippen MR) is 89.4 cm³/mol. The van der Waals surface area contributed by atoms with Crippen LogP contribution in [0.1, 0.15) is 50.7 Å². The largest absolute Gasteiger partial charge is 0.483 e. The number of carbonyl (C=O) groups is 1. The van der Waals surface area contributed by atoms with E-state index in [9.17, 15) is 4.79 Å². The van der Waals surface area contributed by atoms with Crippen LogP contribution < -0.4 is 15.4 Å². The van der Waals surface area contributed by atoms with Crippen molar-refractivity contribution in [1.29, 1.82) is 0 Å². The second-order valence-corrected chi connectivity index (χ2v) is 6.54. The smallest absolute Gasteiger partial charge is 0.258 e. The Labute approximate surface area is 133 Å². The summed E-state index contributed by atoms with van der Waals surface area (Å²) in [6.45, 7) is 9.52. The molecule has 1 saturated heterocycles. The number of piperidine rings is 1.